The van der Waals surface area contributed by atoms with Crippen LogP contribution in [0.2, 0.25) is 0 Å². The van der Waals surface area contributed by atoms with E-state index in [9.17, 15) is 0 Å². The molecule has 1 heterocycles. The molecule has 0 unspecified atom stereocenters. The van der Waals surface area contributed by atoms with Gasteiger partial charge >= 0.3 is 0 Å². The summed E-state index contributed by atoms with van der Waals surface area (Å²) in [7, 11) is 0. The number of nitrogen functional groups attached to an aromatic ring is 1. The fraction of sp³-hybridized carbons (Fsp3) is 0.333. The first-order chi connectivity index (χ1) is 6.50. The lowest BCUT2D eigenvalue weighted by Crippen LogP contribution is -2.10. The lowest BCUT2D eigenvalue weighted by molar-refractivity contribution is 0.557. The summed E-state index contributed by atoms with van der Waals surface area (Å²) in [5.74, 6) is 0. The van der Waals surface area contributed by atoms with E-state index in [-0.39, 0.29) is 5.41 Å². The number of fused-ring (bicyclic) bond motifs is 1. The molecule has 0 aliphatic carbocycles. The molecule has 14 heavy (non-hydrogen) atoms. The average Bonchev–Trinajstić information content (AvgIpc) is 2.47. The van der Waals surface area contributed by atoms with E-state index >= 15 is 0 Å². The molecule has 0 amide bonds. The predicted octanol–water partition coefficient (Wildman–Crippen LogP) is 3.31. The molecule has 2 nitrogen and oxygen atoms in total. The Labute approximate surface area is 83.7 Å². The monoisotopic (exact) mass is 189 g/mol. The largest absolute Gasteiger partial charge is 0.464 e. The van der Waals surface area contributed by atoms with E-state index in [2.05, 4.69) is 20.8 Å². The van der Waals surface area contributed by atoms with E-state index in [4.69, 9.17) is 10.2 Å². The van der Waals surface area contributed by atoms with E-state index in [1.807, 2.05) is 18.2 Å². The molecule has 0 fully saturated rings. The number of nitrogens with two attached hydrogens (primary N) is 1. The molecule has 0 bridgehead atoms. The number of anilines is 1. The van der Waals surface area contributed by atoms with Crippen LogP contribution in [0.4, 0.5) is 5.69 Å². The molecular weight excluding hydrogens is 174 g/mol. The molecule has 1 aromatic heterocycles. The second-order valence-corrected chi connectivity index (χ2v) is 4.62. The second kappa shape index (κ2) is 2.77. The van der Waals surface area contributed by atoms with E-state index in [1.54, 1.807) is 6.26 Å². The first-order valence-electron chi connectivity index (χ1n) is 4.76. The van der Waals surface area contributed by atoms with Gasteiger partial charge in [0, 0.05) is 16.6 Å². The Morgan fingerprint density at radius 3 is 2.57 bits per heavy atom. The molecule has 2 heteroatoms. The van der Waals surface area contributed by atoms with E-state index in [0.717, 1.165) is 16.7 Å². The van der Waals surface area contributed by atoms with Crippen molar-refractivity contribution in [2.45, 2.75) is 26.2 Å². The highest BCUT2D eigenvalue weighted by molar-refractivity contribution is 5.93. The lowest BCUT2D eigenvalue weighted by Gasteiger charge is -2.16. The van der Waals surface area contributed by atoms with Gasteiger partial charge in [-0.25, -0.2) is 0 Å². The molecule has 0 saturated carbocycles. The highest BCUT2D eigenvalue weighted by Gasteiger charge is 2.20. The summed E-state index contributed by atoms with van der Waals surface area (Å²) in [6.45, 7) is 6.47. The van der Waals surface area contributed by atoms with Crippen molar-refractivity contribution in [3.8, 4) is 0 Å². The van der Waals surface area contributed by atoms with Crippen LogP contribution in [0, 0.1) is 0 Å². The van der Waals surface area contributed by atoms with Gasteiger partial charge < -0.3 is 10.2 Å². The molecule has 0 spiro atoms. The van der Waals surface area contributed by atoms with Crippen molar-refractivity contribution in [3.63, 3.8) is 0 Å². The minimum Gasteiger partial charge on any atom is -0.464 e. The van der Waals surface area contributed by atoms with Crippen LogP contribution >= 0.6 is 0 Å². The molecule has 1 aromatic carbocycles. The molecule has 2 N–H and O–H groups in total. The Balaban J connectivity index is 2.80. The van der Waals surface area contributed by atoms with Gasteiger partial charge in [0.15, 0.2) is 0 Å². The van der Waals surface area contributed by atoms with E-state index in [0.29, 0.717) is 0 Å². The molecule has 0 aliphatic heterocycles. The van der Waals surface area contributed by atoms with Crippen molar-refractivity contribution in [2.75, 3.05) is 5.73 Å². The highest BCUT2D eigenvalue weighted by Crippen LogP contribution is 2.34. The minimum atomic E-state index is 0.0702. The van der Waals surface area contributed by atoms with Crippen molar-refractivity contribution in [3.05, 3.63) is 30.0 Å². The topological polar surface area (TPSA) is 39.2 Å². The Hall–Kier alpha value is -1.44. The molecule has 0 radical (unpaired) electrons. The van der Waals surface area contributed by atoms with Crippen LogP contribution in [0.25, 0.3) is 11.0 Å². The fourth-order valence-electron chi connectivity index (χ4n) is 1.67. The number of hydrogen-bond donors (Lipinski definition) is 1. The third-order valence-electron chi connectivity index (χ3n) is 2.44. The van der Waals surface area contributed by atoms with Gasteiger partial charge in [0.05, 0.1) is 6.26 Å². The van der Waals surface area contributed by atoms with Crippen LogP contribution < -0.4 is 5.73 Å². The zero-order chi connectivity index (χ0) is 10.3. The summed E-state index contributed by atoms with van der Waals surface area (Å²) in [5, 5.41) is 1.06. The number of benzene rings is 1. The van der Waals surface area contributed by atoms with Crippen molar-refractivity contribution in [1.82, 2.24) is 0 Å². The smallest absolute Gasteiger partial charge is 0.136 e. The Morgan fingerprint density at radius 2 is 1.93 bits per heavy atom. The lowest BCUT2D eigenvalue weighted by atomic mass is 9.86. The molecule has 74 valence electrons. The minimum absolute atomic E-state index is 0.0702. The summed E-state index contributed by atoms with van der Waals surface area (Å²) in [4.78, 5) is 0. The quantitative estimate of drug-likeness (QED) is 0.646. The van der Waals surface area contributed by atoms with Crippen LogP contribution in [-0.4, -0.2) is 0 Å². The first-order valence-corrected chi connectivity index (χ1v) is 4.76. The van der Waals surface area contributed by atoms with Gasteiger partial charge in [-0.1, -0.05) is 26.8 Å². The zero-order valence-corrected chi connectivity index (χ0v) is 8.79. The standard InChI is InChI=1S/C12H15NO/c1-12(2,3)8-7-14-10-6-4-5-9(13)11(8)10/h4-7H,13H2,1-3H3. The molecular formula is C12H15NO. The Morgan fingerprint density at radius 1 is 1.21 bits per heavy atom. The summed E-state index contributed by atoms with van der Waals surface area (Å²) in [5.41, 5.74) is 8.84. The number of hydrogen-bond acceptors (Lipinski definition) is 2. The summed E-state index contributed by atoms with van der Waals surface area (Å²) < 4.78 is 5.48. The van der Waals surface area contributed by atoms with Crippen molar-refractivity contribution in [2.24, 2.45) is 0 Å². The first kappa shape index (κ1) is 9.13. The van der Waals surface area contributed by atoms with Gasteiger partial charge in [-0.2, -0.15) is 0 Å². The molecule has 2 rings (SSSR count). The fourth-order valence-corrected chi connectivity index (χ4v) is 1.67. The zero-order valence-electron chi connectivity index (χ0n) is 8.79. The molecule has 0 saturated heterocycles. The van der Waals surface area contributed by atoms with Crippen LogP contribution in [0.1, 0.15) is 26.3 Å². The molecule has 2 aromatic rings. The van der Waals surface area contributed by atoms with Crippen molar-refractivity contribution >= 4 is 16.7 Å². The summed E-state index contributed by atoms with van der Waals surface area (Å²) >= 11 is 0. The van der Waals surface area contributed by atoms with Gasteiger partial charge in [0.2, 0.25) is 0 Å². The maximum absolute atomic E-state index is 5.94. The third-order valence-corrected chi connectivity index (χ3v) is 2.44. The van der Waals surface area contributed by atoms with Crippen LogP contribution in [0.15, 0.2) is 28.9 Å². The van der Waals surface area contributed by atoms with Crippen LogP contribution in [0.5, 0.6) is 0 Å². The number of furan rings is 1. The predicted molar refractivity (Wildman–Crippen MR) is 59.3 cm³/mol. The van der Waals surface area contributed by atoms with Crippen LogP contribution in [-0.2, 0) is 5.41 Å². The maximum atomic E-state index is 5.94. The maximum Gasteiger partial charge on any atom is 0.136 e. The van der Waals surface area contributed by atoms with Crippen molar-refractivity contribution < 1.29 is 4.42 Å². The van der Waals surface area contributed by atoms with Gasteiger partial charge in [0.1, 0.15) is 5.58 Å². The third kappa shape index (κ3) is 1.27. The van der Waals surface area contributed by atoms with Crippen molar-refractivity contribution in [1.29, 1.82) is 0 Å². The van der Waals surface area contributed by atoms with Gasteiger partial charge in [0.25, 0.3) is 0 Å². The average molecular weight is 189 g/mol. The summed E-state index contributed by atoms with van der Waals surface area (Å²) in [6.07, 6.45) is 1.81. The molecule has 0 atom stereocenters. The molecule has 0 aliphatic rings. The second-order valence-electron chi connectivity index (χ2n) is 4.62. The number of rotatable bonds is 0. The van der Waals surface area contributed by atoms with Gasteiger partial charge in [-0.3, -0.25) is 0 Å². The Bertz CT molecular complexity index is 463. The Kier molecular flexibility index (Phi) is 1.81. The van der Waals surface area contributed by atoms with Gasteiger partial charge in [-0.05, 0) is 17.5 Å². The summed E-state index contributed by atoms with van der Waals surface area (Å²) in [6, 6.07) is 5.77. The van der Waals surface area contributed by atoms with Gasteiger partial charge in [-0.15, -0.1) is 0 Å². The SMILES string of the molecule is CC(C)(C)c1coc2cccc(N)c12. The van der Waals surface area contributed by atoms with Crippen LogP contribution in [0.3, 0.4) is 0 Å². The van der Waals surface area contributed by atoms with E-state index < -0.39 is 0 Å². The highest BCUT2D eigenvalue weighted by atomic mass is 16.3. The van der Waals surface area contributed by atoms with E-state index in [1.165, 1.54) is 5.56 Å². The normalized spacial score (nSPS) is 12.2.